The van der Waals surface area contributed by atoms with Crippen LogP contribution in [0.4, 0.5) is 5.82 Å². The van der Waals surface area contributed by atoms with Crippen molar-refractivity contribution in [3.05, 3.63) is 59.5 Å². The van der Waals surface area contributed by atoms with Crippen LogP contribution in [-0.4, -0.2) is 29.1 Å². The van der Waals surface area contributed by atoms with Crippen LogP contribution in [0.2, 0.25) is 5.02 Å². The summed E-state index contributed by atoms with van der Waals surface area (Å²) in [5, 5.41) is 7.96. The largest absolute Gasteiger partial charge is 0.369 e. The fourth-order valence-electron chi connectivity index (χ4n) is 4.44. The number of fused-ring (bicyclic) bond motifs is 2. The fraction of sp³-hybridized carbons (Fsp3) is 0.300. The average Bonchev–Trinajstić information content (AvgIpc) is 3.45. The maximum Gasteiger partial charge on any atom is 0.282 e. The van der Waals surface area contributed by atoms with Crippen molar-refractivity contribution in [1.82, 2.24) is 14.2 Å². The standard InChI is InChI=1S/C20H19ClN4O2S/c21-18-16(12-22-19-17(18)20(13-23-19)8-1-2-9-20)14-4-6-15(7-5-14)28(26,27)25-11-3-10-24-25/h3-7,10-12H,1-2,8-9,13H2,(H,22,23). The summed E-state index contributed by atoms with van der Waals surface area (Å²) in [5.41, 5.74) is 2.88. The van der Waals surface area contributed by atoms with E-state index in [-0.39, 0.29) is 10.3 Å². The molecule has 1 fully saturated rings. The molecule has 1 aliphatic carbocycles. The van der Waals surface area contributed by atoms with Crippen molar-refractivity contribution < 1.29 is 8.42 Å². The molecule has 5 rings (SSSR count). The van der Waals surface area contributed by atoms with Gasteiger partial charge in [0.2, 0.25) is 0 Å². The molecule has 0 atom stereocenters. The van der Waals surface area contributed by atoms with E-state index in [1.165, 1.54) is 25.2 Å². The predicted molar refractivity (Wildman–Crippen MR) is 108 cm³/mol. The monoisotopic (exact) mass is 414 g/mol. The molecule has 0 saturated heterocycles. The third-order valence-electron chi connectivity index (χ3n) is 5.89. The molecule has 1 aromatic carbocycles. The summed E-state index contributed by atoms with van der Waals surface area (Å²) in [6.07, 6.45) is 9.29. The number of hydrogen-bond acceptors (Lipinski definition) is 5. The number of hydrogen-bond donors (Lipinski definition) is 1. The van der Waals surface area contributed by atoms with Gasteiger partial charge in [-0.2, -0.15) is 17.6 Å². The van der Waals surface area contributed by atoms with Gasteiger partial charge in [-0.05, 0) is 36.6 Å². The molecule has 144 valence electrons. The molecule has 0 amide bonds. The lowest BCUT2D eigenvalue weighted by Gasteiger charge is -2.24. The first-order chi connectivity index (χ1) is 13.5. The summed E-state index contributed by atoms with van der Waals surface area (Å²) in [6, 6.07) is 8.29. The highest BCUT2D eigenvalue weighted by molar-refractivity contribution is 7.89. The van der Waals surface area contributed by atoms with Gasteiger partial charge in [-0.15, -0.1) is 0 Å². The smallest absolute Gasteiger partial charge is 0.282 e. The summed E-state index contributed by atoms with van der Waals surface area (Å²) < 4.78 is 26.1. The van der Waals surface area contributed by atoms with Crippen LogP contribution in [-0.2, 0) is 15.4 Å². The van der Waals surface area contributed by atoms with E-state index < -0.39 is 10.0 Å². The summed E-state index contributed by atoms with van der Waals surface area (Å²) in [4.78, 5) is 4.78. The zero-order valence-corrected chi connectivity index (χ0v) is 16.7. The Morgan fingerprint density at radius 3 is 2.57 bits per heavy atom. The van der Waals surface area contributed by atoms with Gasteiger partial charge in [0.05, 0.1) is 16.1 Å². The van der Waals surface area contributed by atoms with E-state index in [2.05, 4.69) is 15.4 Å². The zero-order valence-electron chi connectivity index (χ0n) is 15.1. The van der Waals surface area contributed by atoms with E-state index in [4.69, 9.17) is 11.6 Å². The molecule has 1 N–H and O–H groups in total. The molecular formula is C20H19ClN4O2S. The lowest BCUT2D eigenvalue weighted by Crippen LogP contribution is -2.24. The minimum Gasteiger partial charge on any atom is -0.369 e. The Balaban J connectivity index is 1.55. The molecule has 2 aromatic heterocycles. The van der Waals surface area contributed by atoms with Gasteiger partial charge in [0.1, 0.15) is 5.82 Å². The van der Waals surface area contributed by atoms with Gasteiger partial charge in [0.25, 0.3) is 10.0 Å². The number of nitrogens with one attached hydrogen (secondary N) is 1. The maximum absolute atomic E-state index is 12.6. The molecule has 8 heteroatoms. The highest BCUT2D eigenvalue weighted by Crippen LogP contribution is 2.51. The second-order valence-corrected chi connectivity index (χ2v) is 9.63. The minimum absolute atomic E-state index is 0.0821. The van der Waals surface area contributed by atoms with Crippen molar-refractivity contribution in [2.75, 3.05) is 11.9 Å². The summed E-state index contributed by atoms with van der Waals surface area (Å²) in [7, 11) is -3.69. The van der Waals surface area contributed by atoms with Gasteiger partial charge in [-0.25, -0.2) is 4.98 Å². The lowest BCUT2D eigenvalue weighted by molar-refractivity contribution is 0.489. The van der Waals surface area contributed by atoms with Gasteiger partial charge in [-0.1, -0.05) is 36.6 Å². The number of benzene rings is 1. The second kappa shape index (κ2) is 6.32. The van der Waals surface area contributed by atoms with Crippen LogP contribution >= 0.6 is 11.6 Å². The van der Waals surface area contributed by atoms with E-state index in [9.17, 15) is 8.42 Å². The molecule has 2 aliphatic rings. The van der Waals surface area contributed by atoms with Crippen LogP contribution in [0.25, 0.3) is 11.1 Å². The van der Waals surface area contributed by atoms with E-state index >= 15 is 0 Å². The molecule has 1 aliphatic heterocycles. The number of halogens is 1. The van der Waals surface area contributed by atoms with E-state index in [0.29, 0.717) is 0 Å². The Labute approximate surface area is 168 Å². The van der Waals surface area contributed by atoms with Crippen LogP contribution in [0.5, 0.6) is 0 Å². The van der Waals surface area contributed by atoms with Crippen LogP contribution in [0, 0.1) is 0 Å². The van der Waals surface area contributed by atoms with E-state index in [1.54, 1.807) is 36.5 Å². The number of pyridine rings is 1. The molecule has 0 bridgehead atoms. The number of anilines is 1. The third-order valence-corrected chi connectivity index (χ3v) is 7.86. The highest BCUT2D eigenvalue weighted by Gasteiger charge is 2.44. The first-order valence-corrected chi connectivity index (χ1v) is 11.1. The topological polar surface area (TPSA) is 76.9 Å². The first kappa shape index (κ1) is 17.7. The van der Waals surface area contributed by atoms with Crippen LogP contribution < -0.4 is 5.32 Å². The predicted octanol–water partition coefficient (Wildman–Crippen LogP) is 4.07. The zero-order chi connectivity index (χ0) is 19.4. The molecule has 0 unspecified atom stereocenters. The van der Waals surface area contributed by atoms with Crippen LogP contribution in [0.15, 0.2) is 53.8 Å². The maximum atomic E-state index is 12.6. The third kappa shape index (κ3) is 2.57. The van der Waals surface area contributed by atoms with Crippen molar-refractivity contribution in [3.63, 3.8) is 0 Å². The first-order valence-electron chi connectivity index (χ1n) is 9.30. The molecular weight excluding hydrogens is 396 g/mol. The van der Waals surface area contributed by atoms with Gasteiger partial charge in [0.15, 0.2) is 0 Å². The summed E-state index contributed by atoms with van der Waals surface area (Å²) >= 11 is 6.86. The van der Waals surface area contributed by atoms with Crippen molar-refractivity contribution in [2.45, 2.75) is 36.0 Å². The number of nitrogens with zero attached hydrogens (tertiary/aromatic N) is 3. The van der Waals surface area contributed by atoms with Crippen molar-refractivity contribution in [1.29, 1.82) is 0 Å². The molecule has 1 spiro atoms. The average molecular weight is 415 g/mol. The Bertz CT molecular complexity index is 1140. The molecule has 3 aromatic rings. The SMILES string of the molecule is O=S(=O)(c1ccc(-c2cnc3c(c2Cl)C2(CCCC2)CN3)cc1)n1cccn1. The van der Waals surface area contributed by atoms with Crippen LogP contribution in [0.1, 0.15) is 31.2 Å². The molecule has 0 radical (unpaired) electrons. The van der Waals surface area contributed by atoms with E-state index in [0.717, 1.165) is 51.0 Å². The van der Waals surface area contributed by atoms with Gasteiger partial charge >= 0.3 is 0 Å². The molecule has 6 nitrogen and oxygen atoms in total. The van der Waals surface area contributed by atoms with Gasteiger partial charge < -0.3 is 5.32 Å². The Kier molecular flexibility index (Phi) is 4.00. The molecule has 3 heterocycles. The molecule has 1 saturated carbocycles. The minimum atomic E-state index is -3.69. The van der Waals surface area contributed by atoms with Crippen molar-refractivity contribution in [2.24, 2.45) is 0 Å². The quantitative estimate of drug-likeness (QED) is 0.698. The van der Waals surface area contributed by atoms with Crippen LogP contribution in [0.3, 0.4) is 0 Å². The molecule has 28 heavy (non-hydrogen) atoms. The van der Waals surface area contributed by atoms with Gasteiger partial charge in [0, 0.05) is 35.5 Å². The normalized spacial score (nSPS) is 17.6. The Hall–Kier alpha value is -2.38. The Morgan fingerprint density at radius 2 is 1.89 bits per heavy atom. The Morgan fingerprint density at radius 1 is 1.14 bits per heavy atom. The number of aromatic nitrogens is 3. The van der Waals surface area contributed by atoms with Crippen molar-refractivity contribution in [3.8, 4) is 11.1 Å². The highest BCUT2D eigenvalue weighted by atomic mass is 35.5. The lowest BCUT2D eigenvalue weighted by atomic mass is 9.80. The summed E-state index contributed by atoms with van der Waals surface area (Å²) in [6.45, 7) is 0.888. The van der Waals surface area contributed by atoms with E-state index in [1.807, 2.05) is 0 Å². The number of rotatable bonds is 3. The second-order valence-electron chi connectivity index (χ2n) is 7.46. The van der Waals surface area contributed by atoms with Gasteiger partial charge in [-0.3, -0.25) is 0 Å². The fourth-order valence-corrected chi connectivity index (χ4v) is 5.99. The summed E-state index contributed by atoms with van der Waals surface area (Å²) in [5.74, 6) is 0.883. The van der Waals surface area contributed by atoms with Crippen molar-refractivity contribution >= 4 is 27.4 Å².